The summed E-state index contributed by atoms with van der Waals surface area (Å²) in [5.74, 6) is 1.72. The molecule has 1 aromatic carbocycles. The van der Waals surface area contributed by atoms with Crippen molar-refractivity contribution < 1.29 is 9.90 Å². The first-order chi connectivity index (χ1) is 11.1. The van der Waals surface area contributed by atoms with Crippen LogP contribution in [-0.4, -0.2) is 52.2 Å². The molecule has 2 aliphatic heterocycles. The van der Waals surface area contributed by atoms with E-state index in [1.54, 1.807) is 0 Å². The number of nitrogens with one attached hydrogen (secondary N) is 1. The number of carbonyl (C=O) groups is 1. The molecule has 4 nitrogen and oxygen atoms in total. The van der Waals surface area contributed by atoms with Gasteiger partial charge in [0.05, 0.1) is 0 Å². The summed E-state index contributed by atoms with van der Waals surface area (Å²) in [5, 5.41) is 14.2. The van der Waals surface area contributed by atoms with Gasteiger partial charge in [-0.15, -0.1) is 0 Å². The van der Waals surface area contributed by atoms with E-state index in [2.05, 4.69) is 36.5 Å². The quantitative estimate of drug-likeness (QED) is 0.892. The van der Waals surface area contributed by atoms with Gasteiger partial charge in [0.1, 0.15) is 5.60 Å². The van der Waals surface area contributed by atoms with Crippen LogP contribution in [0.25, 0.3) is 0 Å². The molecule has 0 bridgehead atoms. The number of nitrogens with zero attached hydrogens (tertiary/aromatic N) is 1. The zero-order valence-corrected chi connectivity index (χ0v) is 14.6. The topological polar surface area (TPSA) is 52.6 Å². The molecule has 0 atom stereocenters. The smallest absolute Gasteiger partial charge is 0.254 e. The number of thioether (sulfide) groups is 1. The highest BCUT2D eigenvalue weighted by Crippen LogP contribution is 2.30. The highest BCUT2D eigenvalue weighted by molar-refractivity contribution is 7.99. The minimum absolute atomic E-state index is 0.0493. The number of amides is 1. The van der Waals surface area contributed by atoms with Gasteiger partial charge in [-0.05, 0) is 61.8 Å². The lowest BCUT2D eigenvalue weighted by molar-refractivity contribution is -0.153. The predicted octanol–water partition coefficient (Wildman–Crippen LogP) is 2.66. The van der Waals surface area contributed by atoms with Gasteiger partial charge >= 0.3 is 0 Å². The van der Waals surface area contributed by atoms with Crippen molar-refractivity contribution in [1.29, 1.82) is 0 Å². The number of piperidine rings is 1. The summed E-state index contributed by atoms with van der Waals surface area (Å²) < 4.78 is 0. The van der Waals surface area contributed by atoms with Crippen molar-refractivity contribution >= 4 is 23.4 Å². The number of aliphatic hydroxyl groups is 1. The third-order valence-corrected chi connectivity index (χ3v) is 5.87. The van der Waals surface area contributed by atoms with Gasteiger partial charge in [0, 0.05) is 24.8 Å². The fourth-order valence-corrected chi connectivity index (χ4v) is 4.58. The number of hydrogen-bond donors (Lipinski definition) is 2. The van der Waals surface area contributed by atoms with Crippen molar-refractivity contribution in [2.24, 2.45) is 0 Å². The summed E-state index contributed by atoms with van der Waals surface area (Å²) in [6.45, 7) is 3.56. The highest BCUT2D eigenvalue weighted by Gasteiger charge is 2.41. The average Bonchev–Trinajstić information content (AvgIpc) is 2.56. The van der Waals surface area contributed by atoms with Gasteiger partial charge in [-0.25, -0.2) is 0 Å². The van der Waals surface area contributed by atoms with Crippen LogP contribution < -0.4 is 5.32 Å². The monoisotopic (exact) mass is 334 g/mol. The van der Waals surface area contributed by atoms with Crippen LogP contribution in [-0.2, 0) is 4.79 Å². The lowest BCUT2D eigenvalue weighted by atomic mass is 9.93. The van der Waals surface area contributed by atoms with Gasteiger partial charge in [0.15, 0.2) is 0 Å². The summed E-state index contributed by atoms with van der Waals surface area (Å²) in [6, 6.07) is 8.80. The molecule has 2 heterocycles. The maximum Gasteiger partial charge on any atom is 0.254 e. The number of aryl methyl sites for hydroxylation is 1. The van der Waals surface area contributed by atoms with Gasteiger partial charge in [0.25, 0.3) is 5.91 Å². The average molecular weight is 334 g/mol. The molecule has 23 heavy (non-hydrogen) atoms. The third kappa shape index (κ3) is 4.01. The lowest BCUT2D eigenvalue weighted by Gasteiger charge is -2.39. The van der Waals surface area contributed by atoms with Crippen molar-refractivity contribution in [3.8, 4) is 0 Å². The molecule has 3 rings (SSSR count). The van der Waals surface area contributed by atoms with E-state index < -0.39 is 5.60 Å². The van der Waals surface area contributed by atoms with Crippen LogP contribution in [0.3, 0.4) is 0 Å². The number of carbonyl (C=O) groups excluding carboxylic acids is 1. The van der Waals surface area contributed by atoms with E-state index in [0.717, 1.165) is 43.1 Å². The zero-order valence-electron chi connectivity index (χ0n) is 13.8. The molecule has 0 saturated carbocycles. The second-order valence-electron chi connectivity index (χ2n) is 6.72. The summed E-state index contributed by atoms with van der Waals surface area (Å²) >= 11 is 1.82. The standard InChI is InChI=1S/C18H26N2O2S/c1-14-3-2-4-16(13-14)19-15-5-9-20(10-6-15)17(21)18(22)7-11-23-12-8-18/h2-4,13,15,19,22H,5-12H2,1H3. The number of likely N-dealkylation sites (tertiary alicyclic amines) is 1. The molecule has 1 amide bonds. The first-order valence-electron chi connectivity index (χ1n) is 8.49. The molecule has 0 aliphatic carbocycles. The van der Waals surface area contributed by atoms with Crippen LogP contribution in [0.2, 0.25) is 0 Å². The van der Waals surface area contributed by atoms with Crippen molar-refractivity contribution in [1.82, 2.24) is 4.90 Å². The van der Waals surface area contributed by atoms with Gasteiger partial charge in [-0.2, -0.15) is 11.8 Å². The second-order valence-corrected chi connectivity index (χ2v) is 7.95. The Kier molecular flexibility index (Phi) is 5.17. The highest BCUT2D eigenvalue weighted by atomic mass is 32.2. The van der Waals surface area contributed by atoms with E-state index in [-0.39, 0.29) is 5.91 Å². The van der Waals surface area contributed by atoms with E-state index >= 15 is 0 Å². The van der Waals surface area contributed by atoms with E-state index in [0.29, 0.717) is 18.9 Å². The van der Waals surface area contributed by atoms with Gasteiger partial charge in [-0.1, -0.05) is 12.1 Å². The molecule has 126 valence electrons. The van der Waals surface area contributed by atoms with E-state index in [1.165, 1.54) is 5.56 Å². The molecule has 0 radical (unpaired) electrons. The molecule has 2 N–H and O–H groups in total. The first kappa shape index (κ1) is 16.7. The predicted molar refractivity (Wildman–Crippen MR) is 95.9 cm³/mol. The largest absolute Gasteiger partial charge is 0.382 e. The minimum atomic E-state index is -1.11. The molecule has 0 unspecified atom stereocenters. The molecule has 2 fully saturated rings. The summed E-state index contributed by atoms with van der Waals surface area (Å²) in [7, 11) is 0. The van der Waals surface area contributed by atoms with E-state index in [4.69, 9.17) is 0 Å². The summed E-state index contributed by atoms with van der Waals surface area (Å²) in [5.41, 5.74) is 1.29. The second kappa shape index (κ2) is 7.14. The maximum atomic E-state index is 12.6. The van der Waals surface area contributed by atoms with Crippen LogP contribution in [0.5, 0.6) is 0 Å². The molecule has 0 spiro atoms. The normalized spacial score (nSPS) is 21.9. The van der Waals surface area contributed by atoms with Crippen LogP contribution in [0.4, 0.5) is 5.69 Å². The molecule has 5 heteroatoms. The Balaban J connectivity index is 1.53. The number of benzene rings is 1. The van der Waals surface area contributed by atoms with Crippen molar-refractivity contribution in [3.05, 3.63) is 29.8 Å². The number of rotatable bonds is 3. The van der Waals surface area contributed by atoms with Crippen molar-refractivity contribution in [2.75, 3.05) is 29.9 Å². The molecule has 2 aliphatic rings. The maximum absolute atomic E-state index is 12.6. The van der Waals surface area contributed by atoms with E-state index in [9.17, 15) is 9.90 Å². The minimum Gasteiger partial charge on any atom is -0.382 e. The van der Waals surface area contributed by atoms with Gasteiger partial charge < -0.3 is 15.3 Å². The number of hydrogen-bond acceptors (Lipinski definition) is 4. The molecule has 0 aromatic heterocycles. The first-order valence-corrected chi connectivity index (χ1v) is 9.65. The van der Waals surface area contributed by atoms with E-state index in [1.807, 2.05) is 16.7 Å². The van der Waals surface area contributed by atoms with Gasteiger partial charge in [-0.3, -0.25) is 4.79 Å². The fourth-order valence-electron chi connectivity index (χ4n) is 3.41. The molecular weight excluding hydrogens is 308 g/mol. The zero-order chi connectivity index (χ0) is 16.3. The lowest BCUT2D eigenvalue weighted by Crippen LogP contribution is -2.54. The van der Waals surface area contributed by atoms with Gasteiger partial charge in [0.2, 0.25) is 0 Å². The summed E-state index contributed by atoms with van der Waals surface area (Å²) in [6.07, 6.45) is 3.06. The Labute approximate surface area is 142 Å². The van der Waals surface area contributed by atoms with Crippen LogP contribution in [0.15, 0.2) is 24.3 Å². The van der Waals surface area contributed by atoms with Crippen molar-refractivity contribution in [3.63, 3.8) is 0 Å². The molecule has 1 aromatic rings. The van der Waals surface area contributed by atoms with Crippen LogP contribution in [0, 0.1) is 6.92 Å². The Morgan fingerprint density at radius 1 is 1.30 bits per heavy atom. The SMILES string of the molecule is Cc1cccc(NC2CCN(C(=O)C3(O)CCSCC3)CC2)c1. The Bertz CT molecular complexity index is 550. The Hall–Kier alpha value is -1.20. The molecular formula is C18H26N2O2S. The Morgan fingerprint density at radius 2 is 2.00 bits per heavy atom. The van der Waals surface area contributed by atoms with Crippen LogP contribution in [0.1, 0.15) is 31.2 Å². The van der Waals surface area contributed by atoms with Crippen LogP contribution >= 0.6 is 11.8 Å². The summed E-state index contributed by atoms with van der Waals surface area (Å²) in [4.78, 5) is 14.5. The van der Waals surface area contributed by atoms with Crippen molar-refractivity contribution in [2.45, 2.75) is 44.2 Å². The third-order valence-electron chi connectivity index (χ3n) is 4.89. The molecule has 2 saturated heterocycles. The Morgan fingerprint density at radius 3 is 2.65 bits per heavy atom. The number of anilines is 1. The fraction of sp³-hybridized carbons (Fsp3) is 0.611.